The Balaban J connectivity index is 4.50. The molecular weight excluding hydrogens is 731 g/mol. The van der Waals surface area contributed by atoms with Crippen molar-refractivity contribution in [2.75, 3.05) is 6.61 Å². The lowest BCUT2D eigenvalue weighted by Crippen LogP contribution is -2.46. The molecule has 0 bridgehead atoms. The van der Waals surface area contributed by atoms with Gasteiger partial charge in [-0.05, 0) is 64.2 Å². The van der Waals surface area contributed by atoms with Crippen LogP contribution in [0.1, 0.15) is 226 Å². The Bertz CT molecular complexity index is 1110. The number of rotatable bonds is 43. The Morgan fingerprint density at radius 1 is 0.508 bits per heavy atom. The second-order valence-corrected chi connectivity index (χ2v) is 16.5. The number of carbonyl (C=O) groups excluding carboxylic acids is 2. The maximum Gasteiger partial charge on any atom is 0.306 e. The molecule has 59 heavy (non-hydrogen) atoms. The third-order valence-corrected chi connectivity index (χ3v) is 10.8. The molecule has 1 amide bonds. The molecule has 6 nitrogen and oxygen atoms in total. The summed E-state index contributed by atoms with van der Waals surface area (Å²) in [5, 5.41) is 23.6. The fraction of sp³-hybridized carbons (Fsp3) is 0.736. The number of allylic oxidation sites excluding steroid dienone is 12. The highest BCUT2D eigenvalue weighted by molar-refractivity contribution is 5.77. The maximum absolute atomic E-state index is 13.1. The van der Waals surface area contributed by atoms with Crippen LogP contribution in [0.4, 0.5) is 0 Å². The van der Waals surface area contributed by atoms with E-state index in [0.717, 1.165) is 77.0 Å². The lowest BCUT2D eigenvalue weighted by atomic mass is 10.0. The van der Waals surface area contributed by atoms with Crippen LogP contribution in [0.25, 0.3) is 0 Å². The molecule has 0 aromatic rings. The third kappa shape index (κ3) is 41.8. The van der Waals surface area contributed by atoms with E-state index in [1.807, 2.05) is 6.08 Å². The van der Waals surface area contributed by atoms with Crippen LogP contribution in [0, 0.1) is 0 Å². The average molecular weight is 824 g/mol. The summed E-state index contributed by atoms with van der Waals surface area (Å²) in [6, 6.07) is -0.715. The zero-order valence-electron chi connectivity index (χ0n) is 38.6. The highest BCUT2D eigenvalue weighted by Crippen LogP contribution is 2.17. The number of hydrogen-bond acceptors (Lipinski definition) is 5. The van der Waals surface area contributed by atoms with Gasteiger partial charge in [0.05, 0.1) is 25.2 Å². The van der Waals surface area contributed by atoms with Crippen LogP contribution in [0.5, 0.6) is 0 Å². The topological polar surface area (TPSA) is 95.9 Å². The van der Waals surface area contributed by atoms with Gasteiger partial charge in [-0.15, -0.1) is 0 Å². The van der Waals surface area contributed by atoms with Crippen molar-refractivity contribution in [2.24, 2.45) is 0 Å². The molecule has 3 unspecified atom stereocenters. The molecule has 0 saturated carbocycles. The largest absolute Gasteiger partial charge is 0.462 e. The number of aliphatic hydroxyl groups excluding tert-OH is 2. The molecule has 0 rings (SSSR count). The minimum Gasteiger partial charge on any atom is -0.462 e. The van der Waals surface area contributed by atoms with Crippen molar-refractivity contribution in [2.45, 2.75) is 244 Å². The molecular formula is C53H93NO5. The van der Waals surface area contributed by atoms with Gasteiger partial charge in [0.15, 0.2) is 0 Å². The number of hydrogen-bond donors (Lipinski definition) is 3. The van der Waals surface area contributed by atoms with E-state index in [4.69, 9.17) is 4.74 Å². The smallest absolute Gasteiger partial charge is 0.306 e. The fourth-order valence-electron chi connectivity index (χ4n) is 7.10. The first-order valence-electron chi connectivity index (χ1n) is 24.7. The van der Waals surface area contributed by atoms with E-state index in [-0.39, 0.29) is 31.3 Å². The zero-order chi connectivity index (χ0) is 43.1. The van der Waals surface area contributed by atoms with Gasteiger partial charge >= 0.3 is 5.97 Å². The van der Waals surface area contributed by atoms with Crippen molar-refractivity contribution >= 4 is 11.9 Å². The summed E-state index contributed by atoms with van der Waals surface area (Å²) in [5.74, 6) is -0.580. The van der Waals surface area contributed by atoms with Crippen molar-refractivity contribution in [3.63, 3.8) is 0 Å². The summed E-state index contributed by atoms with van der Waals surface area (Å²) in [6.45, 7) is 6.31. The first-order valence-corrected chi connectivity index (χ1v) is 24.7. The van der Waals surface area contributed by atoms with E-state index in [0.29, 0.717) is 19.3 Å². The summed E-state index contributed by atoms with van der Waals surface area (Å²) in [5.41, 5.74) is 0. The van der Waals surface area contributed by atoms with Gasteiger partial charge in [-0.25, -0.2) is 0 Å². The van der Waals surface area contributed by atoms with Gasteiger partial charge in [-0.3, -0.25) is 9.59 Å². The summed E-state index contributed by atoms with van der Waals surface area (Å²) < 4.78 is 5.85. The molecule has 0 aliphatic carbocycles. The van der Waals surface area contributed by atoms with Crippen LogP contribution in [0.15, 0.2) is 72.9 Å². The number of amides is 1. The van der Waals surface area contributed by atoms with Crippen molar-refractivity contribution < 1.29 is 24.5 Å². The standard InChI is InChI=1S/C53H93NO5/c1-4-7-10-13-16-18-20-22-24-25-26-27-28-30-32-34-37-40-43-46-53(58)59-49(44-41-38-35-15-12-9-6-3)47-52(57)54-50(48-55)51(56)45-42-39-36-33-31-29-23-21-19-17-14-11-8-5-2/h7,10,16,18,22,24,26-27,30,32,37,40,49-51,55-56H,4-6,8-9,11-15,17,19-21,23,25,28-29,31,33-36,38-39,41-48H2,1-3H3,(H,54,57)/b10-7-,18-16-,24-22-,27-26-,32-30-,40-37-. The van der Waals surface area contributed by atoms with Crippen molar-refractivity contribution in [1.82, 2.24) is 5.32 Å². The first kappa shape index (κ1) is 56.3. The molecule has 0 spiro atoms. The average Bonchev–Trinajstić information content (AvgIpc) is 3.23. The number of aliphatic hydroxyl groups is 2. The summed E-state index contributed by atoms with van der Waals surface area (Å²) in [4.78, 5) is 25.9. The predicted molar refractivity (Wildman–Crippen MR) is 255 cm³/mol. The normalized spacial score (nSPS) is 13.9. The van der Waals surface area contributed by atoms with E-state index in [1.165, 1.54) is 96.3 Å². The minimum absolute atomic E-state index is 0.0452. The van der Waals surface area contributed by atoms with Crippen LogP contribution >= 0.6 is 0 Å². The van der Waals surface area contributed by atoms with E-state index in [9.17, 15) is 19.8 Å². The molecule has 0 fully saturated rings. The van der Waals surface area contributed by atoms with Crippen LogP contribution < -0.4 is 5.32 Å². The number of ether oxygens (including phenoxy) is 1. The zero-order valence-corrected chi connectivity index (χ0v) is 38.6. The van der Waals surface area contributed by atoms with E-state index in [1.54, 1.807) is 0 Å². The fourth-order valence-corrected chi connectivity index (χ4v) is 7.10. The second-order valence-electron chi connectivity index (χ2n) is 16.5. The van der Waals surface area contributed by atoms with Crippen molar-refractivity contribution in [1.29, 1.82) is 0 Å². The van der Waals surface area contributed by atoms with Crippen LogP contribution in [0.3, 0.4) is 0 Å². The molecule has 0 heterocycles. The van der Waals surface area contributed by atoms with E-state index < -0.39 is 18.2 Å². The van der Waals surface area contributed by atoms with Gasteiger partial charge in [0.25, 0.3) is 0 Å². The summed E-state index contributed by atoms with van der Waals surface area (Å²) in [6.07, 6.45) is 58.4. The molecule has 3 N–H and O–H groups in total. The number of esters is 1. The first-order chi connectivity index (χ1) is 29.0. The SMILES string of the molecule is CC/C=C\C/C=C\C/C=C\C/C=C\C/C=C\C/C=C\CCC(=O)OC(CCCCCCCCC)CC(=O)NC(CO)C(O)CCCCCCCCCCCCCCCC. The Morgan fingerprint density at radius 2 is 0.881 bits per heavy atom. The van der Waals surface area contributed by atoms with Gasteiger partial charge in [0.2, 0.25) is 5.91 Å². The molecule has 0 aromatic carbocycles. The molecule has 0 aliphatic rings. The summed E-state index contributed by atoms with van der Waals surface area (Å²) >= 11 is 0. The second kappa shape index (κ2) is 46.4. The van der Waals surface area contributed by atoms with Gasteiger partial charge in [0, 0.05) is 6.42 Å². The molecule has 340 valence electrons. The highest BCUT2D eigenvalue weighted by Gasteiger charge is 2.24. The van der Waals surface area contributed by atoms with Gasteiger partial charge in [-0.2, -0.15) is 0 Å². The van der Waals surface area contributed by atoms with Gasteiger partial charge in [-0.1, -0.05) is 222 Å². The Kier molecular flexibility index (Phi) is 44.2. The number of unbranched alkanes of at least 4 members (excludes halogenated alkanes) is 19. The van der Waals surface area contributed by atoms with Crippen LogP contribution in [0.2, 0.25) is 0 Å². The van der Waals surface area contributed by atoms with E-state index in [2.05, 4.69) is 92.9 Å². The highest BCUT2D eigenvalue weighted by atomic mass is 16.5. The number of carbonyl (C=O) groups is 2. The number of nitrogens with one attached hydrogen (secondary N) is 1. The third-order valence-electron chi connectivity index (χ3n) is 10.8. The van der Waals surface area contributed by atoms with Crippen LogP contribution in [-0.4, -0.2) is 46.9 Å². The maximum atomic E-state index is 13.1. The Labute approximate surface area is 364 Å². The predicted octanol–water partition coefficient (Wildman–Crippen LogP) is 14.6. The molecule has 6 heteroatoms. The molecule has 0 radical (unpaired) electrons. The van der Waals surface area contributed by atoms with Crippen molar-refractivity contribution in [3.8, 4) is 0 Å². The lowest BCUT2D eigenvalue weighted by molar-refractivity contribution is -0.150. The Morgan fingerprint density at radius 3 is 1.29 bits per heavy atom. The Hall–Kier alpha value is -2.70. The monoisotopic (exact) mass is 824 g/mol. The van der Waals surface area contributed by atoms with Crippen LogP contribution in [-0.2, 0) is 14.3 Å². The summed E-state index contributed by atoms with van der Waals surface area (Å²) in [7, 11) is 0. The van der Waals surface area contributed by atoms with E-state index >= 15 is 0 Å². The lowest BCUT2D eigenvalue weighted by Gasteiger charge is -2.24. The minimum atomic E-state index is -0.799. The van der Waals surface area contributed by atoms with Gasteiger partial charge < -0.3 is 20.3 Å². The molecule has 3 atom stereocenters. The quantitative estimate of drug-likeness (QED) is 0.0323. The molecule has 0 aliphatic heterocycles. The molecule has 0 aromatic heterocycles. The van der Waals surface area contributed by atoms with Gasteiger partial charge in [0.1, 0.15) is 6.10 Å². The molecule has 0 saturated heterocycles. The van der Waals surface area contributed by atoms with Crippen molar-refractivity contribution in [3.05, 3.63) is 72.9 Å².